The van der Waals surface area contributed by atoms with Gasteiger partial charge in [-0.1, -0.05) is 0 Å². The molecule has 1 aliphatic rings. The first-order chi connectivity index (χ1) is 8.08. The van der Waals surface area contributed by atoms with Crippen LogP contribution in [0, 0.1) is 17.6 Å². The first-order valence-corrected chi connectivity index (χ1v) is 5.90. The number of rotatable bonds is 3. The molecule has 2 nitrogen and oxygen atoms in total. The molecule has 1 amide bonds. The molecule has 1 aromatic carbocycles. The van der Waals surface area contributed by atoms with Gasteiger partial charge in [-0.25, -0.2) is 8.78 Å². The molecule has 1 fully saturated rings. The third-order valence-corrected chi connectivity index (χ3v) is 3.25. The summed E-state index contributed by atoms with van der Waals surface area (Å²) in [6, 6.07) is 3.30. The second kappa shape index (κ2) is 5.00. The van der Waals surface area contributed by atoms with Gasteiger partial charge in [0, 0.05) is 31.5 Å². The van der Waals surface area contributed by atoms with Gasteiger partial charge in [-0.05, 0) is 23.6 Å². The quantitative estimate of drug-likeness (QED) is 0.764. The molecule has 1 atom stereocenters. The van der Waals surface area contributed by atoms with Crippen LogP contribution in [0.3, 0.4) is 0 Å². The lowest BCUT2D eigenvalue weighted by Crippen LogP contribution is -2.24. The van der Waals surface area contributed by atoms with Crippen molar-refractivity contribution in [1.29, 1.82) is 0 Å². The Morgan fingerprint density at radius 1 is 1.29 bits per heavy atom. The van der Waals surface area contributed by atoms with Crippen LogP contribution in [0.1, 0.15) is 12.0 Å². The zero-order chi connectivity index (χ0) is 12.4. The number of nitrogens with zero attached hydrogens (tertiary/aromatic N) is 1. The van der Waals surface area contributed by atoms with E-state index >= 15 is 0 Å². The summed E-state index contributed by atoms with van der Waals surface area (Å²) in [5.74, 6) is -0.691. The lowest BCUT2D eigenvalue weighted by Gasteiger charge is -2.16. The van der Waals surface area contributed by atoms with Gasteiger partial charge in [0.2, 0.25) is 5.91 Å². The molecule has 0 aromatic heterocycles. The second-order valence-corrected chi connectivity index (χ2v) is 4.59. The van der Waals surface area contributed by atoms with E-state index in [0.29, 0.717) is 24.4 Å². The van der Waals surface area contributed by atoms with Gasteiger partial charge in [0.25, 0.3) is 0 Å². The predicted molar refractivity (Wildman–Crippen MR) is 60.6 cm³/mol. The van der Waals surface area contributed by atoms with Crippen molar-refractivity contribution in [2.45, 2.75) is 13.0 Å². The van der Waals surface area contributed by atoms with E-state index in [4.69, 9.17) is 11.6 Å². The molecule has 1 unspecified atom stereocenters. The molecule has 5 heteroatoms. The second-order valence-electron chi connectivity index (χ2n) is 4.28. The molecule has 1 aliphatic heterocycles. The Labute approximate surface area is 103 Å². The fourth-order valence-electron chi connectivity index (χ4n) is 2.03. The summed E-state index contributed by atoms with van der Waals surface area (Å²) >= 11 is 5.69. The van der Waals surface area contributed by atoms with Crippen LogP contribution >= 0.6 is 11.6 Å². The highest BCUT2D eigenvalue weighted by Crippen LogP contribution is 2.21. The molecule has 1 saturated heterocycles. The average Bonchev–Trinajstić information content (AvgIpc) is 2.58. The third kappa shape index (κ3) is 2.94. The minimum atomic E-state index is -0.625. The Bertz CT molecular complexity index is 418. The number of hydrogen-bond donors (Lipinski definition) is 0. The summed E-state index contributed by atoms with van der Waals surface area (Å²) in [6.45, 7) is 0.793. The standard InChI is InChI=1S/C12H12ClF2NO/c13-5-9-3-12(17)16(7-9)6-8-1-10(14)4-11(15)2-8/h1-2,4,9H,3,5-7H2. The third-order valence-electron chi connectivity index (χ3n) is 2.81. The van der Waals surface area contributed by atoms with E-state index in [1.54, 1.807) is 4.90 Å². The van der Waals surface area contributed by atoms with Crippen LogP contribution in [0.5, 0.6) is 0 Å². The lowest BCUT2D eigenvalue weighted by atomic mass is 10.1. The first-order valence-electron chi connectivity index (χ1n) is 5.37. The number of halogens is 3. The van der Waals surface area contributed by atoms with E-state index in [1.807, 2.05) is 0 Å². The van der Waals surface area contributed by atoms with E-state index in [9.17, 15) is 13.6 Å². The molecule has 0 bridgehead atoms. The number of hydrogen-bond acceptors (Lipinski definition) is 1. The van der Waals surface area contributed by atoms with Crippen LogP contribution in [0.2, 0.25) is 0 Å². The van der Waals surface area contributed by atoms with Crippen LogP contribution in [0.25, 0.3) is 0 Å². The summed E-state index contributed by atoms with van der Waals surface area (Å²) in [5.41, 5.74) is 0.464. The zero-order valence-electron chi connectivity index (χ0n) is 9.13. The number of carbonyl (C=O) groups excluding carboxylic acids is 1. The average molecular weight is 260 g/mol. The van der Waals surface area contributed by atoms with Gasteiger partial charge in [0.15, 0.2) is 0 Å². The van der Waals surface area contributed by atoms with Crippen molar-refractivity contribution in [2.75, 3.05) is 12.4 Å². The predicted octanol–water partition coefficient (Wildman–Crippen LogP) is 2.55. The van der Waals surface area contributed by atoms with Crippen molar-refractivity contribution >= 4 is 17.5 Å². The molecule has 2 rings (SSSR count). The minimum Gasteiger partial charge on any atom is -0.338 e. The van der Waals surface area contributed by atoms with Crippen molar-refractivity contribution in [3.05, 3.63) is 35.4 Å². The van der Waals surface area contributed by atoms with Crippen molar-refractivity contribution < 1.29 is 13.6 Å². The molecule has 92 valence electrons. The van der Waals surface area contributed by atoms with Crippen molar-refractivity contribution in [3.8, 4) is 0 Å². The molecule has 1 heterocycles. The summed E-state index contributed by atoms with van der Waals surface area (Å²) < 4.78 is 26.0. The molecular formula is C12H12ClF2NO. The van der Waals surface area contributed by atoms with E-state index < -0.39 is 11.6 Å². The molecule has 0 spiro atoms. The molecule has 0 radical (unpaired) electrons. The summed E-state index contributed by atoms with van der Waals surface area (Å²) in [4.78, 5) is 13.2. The minimum absolute atomic E-state index is 0.0136. The normalized spacial score (nSPS) is 20.1. The monoisotopic (exact) mass is 259 g/mol. The summed E-state index contributed by atoms with van der Waals surface area (Å²) in [7, 11) is 0. The molecule has 0 saturated carbocycles. The lowest BCUT2D eigenvalue weighted by molar-refractivity contribution is -0.128. The van der Waals surface area contributed by atoms with Crippen molar-refractivity contribution in [2.24, 2.45) is 5.92 Å². The summed E-state index contributed by atoms with van der Waals surface area (Å²) in [5, 5.41) is 0. The maximum absolute atomic E-state index is 13.0. The Balaban J connectivity index is 2.08. The smallest absolute Gasteiger partial charge is 0.223 e. The van der Waals surface area contributed by atoms with Crippen LogP contribution in [0.15, 0.2) is 18.2 Å². The van der Waals surface area contributed by atoms with Crippen molar-refractivity contribution in [3.63, 3.8) is 0 Å². The molecule has 17 heavy (non-hydrogen) atoms. The topological polar surface area (TPSA) is 20.3 Å². The fraction of sp³-hybridized carbons (Fsp3) is 0.417. The number of alkyl halides is 1. The van der Waals surface area contributed by atoms with Gasteiger partial charge < -0.3 is 4.90 Å². The Kier molecular flexibility index (Phi) is 3.62. The van der Waals surface area contributed by atoms with E-state index in [0.717, 1.165) is 6.07 Å². The van der Waals surface area contributed by atoms with Crippen LogP contribution in [0.4, 0.5) is 8.78 Å². The number of likely N-dealkylation sites (tertiary alicyclic amines) is 1. The van der Waals surface area contributed by atoms with Gasteiger partial charge in [-0.3, -0.25) is 4.79 Å². The largest absolute Gasteiger partial charge is 0.338 e. The van der Waals surface area contributed by atoms with E-state index in [1.165, 1.54) is 12.1 Å². The Morgan fingerprint density at radius 3 is 2.47 bits per heavy atom. The number of benzene rings is 1. The zero-order valence-corrected chi connectivity index (χ0v) is 9.88. The van der Waals surface area contributed by atoms with Gasteiger partial charge >= 0.3 is 0 Å². The molecular weight excluding hydrogens is 248 g/mol. The van der Waals surface area contributed by atoms with Crippen LogP contribution in [-0.2, 0) is 11.3 Å². The fourth-order valence-corrected chi connectivity index (χ4v) is 2.24. The van der Waals surface area contributed by atoms with Gasteiger partial charge in [-0.15, -0.1) is 11.6 Å². The number of amides is 1. The summed E-state index contributed by atoms with van der Waals surface area (Å²) in [6.07, 6.45) is 0.418. The highest BCUT2D eigenvalue weighted by Gasteiger charge is 2.28. The Hall–Kier alpha value is -1.16. The first kappa shape index (κ1) is 12.3. The SMILES string of the molecule is O=C1CC(CCl)CN1Cc1cc(F)cc(F)c1. The number of carbonyl (C=O) groups is 1. The highest BCUT2D eigenvalue weighted by atomic mass is 35.5. The van der Waals surface area contributed by atoms with E-state index in [2.05, 4.69) is 0 Å². The van der Waals surface area contributed by atoms with Gasteiger partial charge in [0.05, 0.1) is 0 Å². The highest BCUT2D eigenvalue weighted by molar-refractivity contribution is 6.18. The van der Waals surface area contributed by atoms with Gasteiger partial charge in [-0.2, -0.15) is 0 Å². The molecule has 1 aromatic rings. The van der Waals surface area contributed by atoms with Crippen LogP contribution < -0.4 is 0 Å². The van der Waals surface area contributed by atoms with Crippen LogP contribution in [-0.4, -0.2) is 23.2 Å². The Morgan fingerprint density at radius 2 is 1.94 bits per heavy atom. The maximum atomic E-state index is 13.0. The van der Waals surface area contributed by atoms with Gasteiger partial charge in [0.1, 0.15) is 11.6 Å². The maximum Gasteiger partial charge on any atom is 0.223 e. The molecule has 0 N–H and O–H groups in total. The van der Waals surface area contributed by atoms with Crippen molar-refractivity contribution in [1.82, 2.24) is 4.90 Å². The molecule has 0 aliphatic carbocycles. The van der Waals surface area contributed by atoms with E-state index in [-0.39, 0.29) is 18.4 Å².